The van der Waals surface area contributed by atoms with Crippen molar-refractivity contribution in [3.05, 3.63) is 47.5 Å². The van der Waals surface area contributed by atoms with E-state index in [2.05, 4.69) is 0 Å². The molecule has 122 valence electrons. The summed E-state index contributed by atoms with van der Waals surface area (Å²) in [7, 11) is 2.39. The Labute approximate surface area is 137 Å². The normalized spacial score (nSPS) is 34.9. The van der Waals surface area contributed by atoms with E-state index >= 15 is 0 Å². The molecule has 0 radical (unpaired) electrons. The van der Waals surface area contributed by atoms with Crippen LogP contribution in [0.25, 0.3) is 0 Å². The summed E-state index contributed by atoms with van der Waals surface area (Å²) in [5, 5.41) is 0. The van der Waals surface area contributed by atoms with Gasteiger partial charge in [-0.25, -0.2) is 0 Å². The number of esters is 2. The molecule has 6 nitrogen and oxygen atoms in total. The highest BCUT2D eigenvalue weighted by atomic mass is 16.5. The van der Waals surface area contributed by atoms with Gasteiger partial charge < -0.3 is 9.47 Å². The van der Waals surface area contributed by atoms with E-state index in [9.17, 15) is 19.2 Å². The Morgan fingerprint density at radius 3 is 1.50 bits per heavy atom. The van der Waals surface area contributed by atoms with Gasteiger partial charge >= 0.3 is 11.9 Å². The maximum atomic E-state index is 12.9. The van der Waals surface area contributed by atoms with Crippen LogP contribution in [0.5, 0.6) is 0 Å². The molecule has 4 atom stereocenters. The fraction of sp³-hybridized carbons (Fsp3) is 0.333. The lowest BCUT2D eigenvalue weighted by Crippen LogP contribution is -2.79. The summed E-state index contributed by atoms with van der Waals surface area (Å²) in [6.07, 6.45) is 2.99. The van der Waals surface area contributed by atoms with Crippen molar-refractivity contribution < 1.29 is 28.7 Å². The van der Waals surface area contributed by atoms with Crippen molar-refractivity contribution in [2.75, 3.05) is 14.2 Å². The predicted molar refractivity (Wildman–Crippen MR) is 80.1 cm³/mol. The Balaban J connectivity index is 1.96. The fourth-order valence-electron chi connectivity index (χ4n) is 4.62. The third kappa shape index (κ3) is 1.23. The molecular weight excluding hydrogens is 312 g/mol. The second kappa shape index (κ2) is 4.41. The lowest BCUT2D eigenvalue weighted by atomic mass is 9.30. The first-order chi connectivity index (χ1) is 11.5. The number of fused-ring (bicyclic) bond motifs is 5. The molecule has 3 aliphatic carbocycles. The molecule has 0 bridgehead atoms. The average Bonchev–Trinajstić information content (AvgIpc) is 2.60. The number of hydrogen-bond acceptors (Lipinski definition) is 6. The first kappa shape index (κ1) is 14.8. The van der Waals surface area contributed by atoms with Crippen LogP contribution < -0.4 is 0 Å². The molecule has 0 heterocycles. The van der Waals surface area contributed by atoms with E-state index < -0.39 is 34.6 Å². The van der Waals surface area contributed by atoms with Crippen molar-refractivity contribution in [1.29, 1.82) is 0 Å². The molecule has 1 fully saturated rings. The lowest BCUT2D eigenvalue weighted by Gasteiger charge is -2.67. The number of Topliss-reactive ketones (excluding diaryl/α,β-unsaturated/α-hetero) is 2. The standard InChI is InChI=1S/C18H14O6/c1-23-15(21)17-7-8-18(17,16(22)24-2)12-11(17)13(19)9-5-3-4-6-10(9)14(12)20/h3-8,11-12H,1-2H3/t11-,12+,17+,18-. The molecule has 1 saturated carbocycles. The number of carbonyl (C=O) groups is 4. The molecule has 0 spiro atoms. The second-order valence-electron chi connectivity index (χ2n) is 6.28. The lowest BCUT2D eigenvalue weighted by molar-refractivity contribution is -0.206. The summed E-state index contributed by atoms with van der Waals surface area (Å²) in [5.74, 6) is -3.89. The highest BCUT2D eigenvalue weighted by molar-refractivity contribution is 6.23. The van der Waals surface area contributed by atoms with Gasteiger partial charge in [0.1, 0.15) is 10.8 Å². The van der Waals surface area contributed by atoms with Gasteiger partial charge in [0.05, 0.1) is 26.1 Å². The van der Waals surface area contributed by atoms with Gasteiger partial charge in [0.25, 0.3) is 0 Å². The summed E-state index contributed by atoms with van der Waals surface area (Å²) in [6, 6.07) is 6.46. The number of methoxy groups -OCH3 is 2. The minimum absolute atomic E-state index is 0.283. The Kier molecular flexibility index (Phi) is 2.72. The summed E-state index contributed by atoms with van der Waals surface area (Å²) < 4.78 is 9.72. The summed E-state index contributed by atoms with van der Waals surface area (Å²) in [4.78, 5) is 50.8. The van der Waals surface area contributed by atoms with Crippen molar-refractivity contribution in [2.24, 2.45) is 22.7 Å². The third-order valence-corrected chi connectivity index (χ3v) is 5.68. The van der Waals surface area contributed by atoms with Gasteiger partial charge in [-0.3, -0.25) is 19.2 Å². The van der Waals surface area contributed by atoms with Crippen molar-refractivity contribution in [3.8, 4) is 0 Å². The first-order valence-corrected chi connectivity index (χ1v) is 7.52. The third-order valence-electron chi connectivity index (χ3n) is 5.68. The van der Waals surface area contributed by atoms with Crippen molar-refractivity contribution in [2.45, 2.75) is 0 Å². The number of rotatable bonds is 2. The topological polar surface area (TPSA) is 86.7 Å². The predicted octanol–water partition coefficient (Wildman–Crippen LogP) is 1.20. The second-order valence-corrected chi connectivity index (χ2v) is 6.28. The van der Waals surface area contributed by atoms with Crippen LogP contribution in [0.15, 0.2) is 36.4 Å². The van der Waals surface area contributed by atoms with Crippen molar-refractivity contribution in [3.63, 3.8) is 0 Å². The maximum absolute atomic E-state index is 12.9. The molecule has 4 rings (SSSR count). The summed E-state index contributed by atoms with van der Waals surface area (Å²) in [6.45, 7) is 0. The highest BCUT2D eigenvalue weighted by Crippen LogP contribution is 2.74. The molecule has 24 heavy (non-hydrogen) atoms. The van der Waals surface area contributed by atoms with Crippen LogP contribution in [0.1, 0.15) is 20.7 Å². The van der Waals surface area contributed by atoms with Crippen LogP contribution in [-0.2, 0) is 19.1 Å². The van der Waals surface area contributed by atoms with E-state index in [0.717, 1.165) is 0 Å². The summed E-state index contributed by atoms with van der Waals surface area (Å²) >= 11 is 0. The molecule has 1 aromatic rings. The Bertz CT molecular complexity index is 784. The molecule has 0 aromatic heterocycles. The molecule has 6 heteroatoms. The number of carbonyl (C=O) groups excluding carboxylic acids is 4. The van der Waals surface area contributed by atoms with Crippen LogP contribution in [0.4, 0.5) is 0 Å². The minimum Gasteiger partial charge on any atom is -0.468 e. The number of benzene rings is 1. The van der Waals surface area contributed by atoms with Crippen LogP contribution in [-0.4, -0.2) is 37.7 Å². The van der Waals surface area contributed by atoms with Gasteiger partial charge in [-0.1, -0.05) is 36.4 Å². The molecular formula is C18H14O6. The quantitative estimate of drug-likeness (QED) is 0.599. The molecule has 0 aliphatic heterocycles. The summed E-state index contributed by atoms with van der Waals surface area (Å²) in [5.41, 5.74) is -2.35. The van der Waals surface area contributed by atoms with E-state index in [-0.39, 0.29) is 22.7 Å². The molecule has 0 amide bonds. The fourth-order valence-corrected chi connectivity index (χ4v) is 4.62. The smallest absolute Gasteiger partial charge is 0.317 e. The molecule has 0 unspecified atom stereocenters. The van der Waals surface area contributed by atoms with E-state index in [1.54, 1.807) is 24.3 Å². The zero-order chi connectivity index (χ0) is 17.3. The van der Waals surface area contributed by atoms with Gasteiger partial charge in [-0.05, 0) is 0 Å². The van der Waals surface area contributed by atoms with E-state index in [4.69, 9.17) is 9.47 Å². The SMILES string of the molecule is COC(=O)[C@]12C=C[C@@]1(C(=O)OC)[C@H]1C(=O)c3ccccc3C(=O)[C@H]12. The zero-order valence-electron chi connectivity index (χ0n) is 13.1. The van der Waals surface area contributed by atoms with Gasteiger partial charge in [0, 0.05) is 11.1 Å². The van der Waals surface area contributed by atoms with E-state index in [1.807, 2.05) is 0 Å². The van der Waals surface area contributed by atoms with Gasteiger partial charge in [0.15, 0.2) is 11.6 Å². The van der Waals surface area contributed by atoms with Crippen LogP contribution in [0.2, 0.25) is 0 Å². The molecule has 0 N–H and O–H groups in total. The molecule has 1 aromatic carbocycles. The zero-order valence-corrected chi connectivity index (χ0v) is 13.1. The maximum Gasteiger partial charge on any atom is 0.317 e. The van der Waals surface area contributed by atoms with Gasteiger partial charge in [-0.2, -0.15) is 0 Å². The minimum atomic E-state index is -1.46. The van der Waals surface area contributed by atoms with E-state index in [0.29, 0.717) is 0 Å². The van der Waals surface area contributed by atoms with Crippen molar-refractivity contribution in [1.82, 2.24) is 0 Å². The van der Waals surface area contributed by atoms with Gasteiger partial charge in [0.2, 0.25) is 0 Å². The van der Waals surface area contributed by atoms with Crippen LogP contribution in [0, 0.1) is 22.7 Å². The first-order valence-electron chi connectivity index (χ1n) is 7.52. The van der Waals surface area contributed by atoms with Crippen LogP contribution >= 0.6 is 0 Å². The number of hydrogen-bond donors (Lipinski definition) is 0. The molecule has 3 aliphatic rings. The van der Waals surface area contributed by atoms with Crippen molar-refractivity contribution >= 4 is 23.5 Å². The Hall–Kier alpha value is -2.76. The number of ketones is 2. The van der Waals surface area contributed by atoms with Gasteiger partial charge in [-0.15, -0.1) is 0 Å². The number of ether oxygens (including phenoxy) is 2. The molecule has 0 saturated heterocycles. The Morgan fingerprint density at radius 1 is 0.833 bits per heavy atom. The monoisotopic (exact) mass is 326 g/mol. The van der Waals surface area contributed by atoms with E-state index in [1.165, 1.54) is 26.4 Å². The highest BCUT2D eigenvalue weighted by Gasteiger charge is 2.86. The average molecular weight is 326 g/mol. The van der Waals surface area contributed by atoms with Crippen LogP contribution in [0.3, 0.4) is 0 Å². The largest absolute Gasteiger partial charge is 0.468 e. The Morgan fingerprint density at radius 2 is 1.21 bits per heavy atom.